The van der Waals surface area contributed by atoms with E-state index < -0.39 is 59.0 Å². The fourth-order valence-corrected chi connectivity index (χ4v) is 7.70. The van der Waals surface area contributed by atoms with Crippen molar-refractivity contribution in [3.05, 3.63) is 59.1 Å². The Labute approximate surface area is 321 Å². The topological polar surface area (TPSA) is 197 Å². The van der Waals surface area contributed by atoms with Crippen molar-refractivity contribution >= 4 is 46.9 Å². The molecular formula is C39H53ClN8O6. The summed E-state index contributed by atoms with van der Waals surface area (Å²) in [6, 6.07) is 3.39. The average molecular weight is 765 g/mol. The predicted octanol–water partition coefficient (Wildman–Crippen LogP) is 2.78. The van der Waals surface area contributed by atoms with Gasteiger partial charge in [0, 0.05) is 43.6 Å². The lowest BCUT2D eigenvalue weighted by Gasteiger charge is -2.44. The number of aromatic nitrogens is 2. The van der Waals surface area contributed by atoms with Crippen molar-refractivity contribution in [3.8, 4) is 0 Å². The van der Waals surface area contributed by atoms with Crippen LogP contribution in [-0.4, -0.2) is 98.9 Å². The van der Waals surface area contributed by atoms with E-state index in [0.29, 0.717) is 24.5 Å². The second-order valence-electron chi connectivity index (χ2n) is 16.0. The lowest BCUT2D eigenvalue weighted by Crippen LogP contribution is -2.65. The fraction of sp³-hybridized carbons (Fsp3) is 0.590. The molecule has 5 amide bonds. The number of carbonyl (C=O) groups excluding carboxylic acids is 6. The van der Waals surface area contributed by atoms with Crippen LogP contribution in [-0.2, 0) is 30.5 Å². The zero-order valence-electron chi connectivity index (χ0n) is 31.4. The number of nitrogens with zero attached hydrogens (tertiary/aromatic N) is 4. The molecule has 1 aliphatic heterocycles. The maximum atomic E-state index is 14.5. The quantitative estimate of drug-likeness (QED) is 0.209. The zero-order valence-corrected chi connectivity index (χ0v) is 32.1. The maximum Gasteiger partial charge on any atom is 0.287 e. The first-order chi connectivity index (χ1) is 25.7. The summed E-state index contributed by atoms with van der Waals surface area (Å²) >= 11 is 6.13. The number of nitrogens with one attached hydrogen (secondary N) is 3. The normalized spacial score (nSPS) is 20.1. The van der Waals surface area contributed by atoms with Crippen LogP contribution in [0.4, 0.5) is 0 Å². The van der Waals surface area contributed by atoms with E-state index in [1.54, 1.807) is 17.0 Å². The van der Waals surface area contributed by atoms with Gasteiger partial charge in [-0.2, -0.15) is 0 Å². The van der Waals surface area contributed by atoms with Gasteiger partial charge in [-0.15, -0.1) is 0 Å². The number of primary amides is 1. The summed E-state index contributed by atoms with van der Waals surface area (Å²) in [5.41, 5.74) is 5.62. The molecule has 15 heteroatoms. The van der Waals surface area contributed by atoms with Gasteiger partial charge in [-0.1, -0.05) is 83.0 Å². The van der Waals surface area contributed by atoms with Crippen LogP contribution in [0.5, 0.6) is 0 Å². The van der Waals surface area contributed by atoms with Crippen LogP contribution in [0.3, 0.4) is 0 Å². The summed E-state index contributed by atoms with van der Waals surface area (Å²) in [5.74, 6) is -3.75. The minimum absolute atomic E-state index is 0.0307. The van der Waals surface area contributed by atoms with Crippen molar-refractivity contribution in [1.29, 1.82) is 0 Å². The lowest BCUT2D eigenvalue weighted by atomic mass is 9.80. The molecule has 3 fully saturated rings. The first-order valence-electron chi connectivity index (χ1n) is 19.0. The van der Waals surface area contributed by atoms with Gasteiger partial charge in [-0.05, 0) is 54.2 Å². The molecule has 54 heavy (non-hydrogen) atoms. The van der Waals surface area contributed by atoms with Crippen LogP contribution < -0.4 is 21.7 Å². The van der Waals surface area contributed by atoms with Crippen molar-refractivity contribution in [3.63, 3.8) is 0 Å². The smallest absolute Gasteiger partial charge is 0.287 e. The Balaban J connectivity index is 1.37. The van der Waals surface area contributed by atoms with E-state index in [2.05, 4.69) is 25.9 Å². The fourth-order valence-electron chi connectivity index (χ4n) is 7.58. The molecule has 292 valence electrons. The molecule has 5 N–H and O–H groups in total. The minimum atomic E-state index is -1.11. The van der Waals surface area contributed by atoms with Crippen LogP contribution >= 0.6 is 11.6 Å². The van der Waals surface area contributed by atoms with Crippen LogP contribution in [0.2, 0.25) is 5.02 Å². The Morgan fingerprint density at radius 3 is 2.20 bits per heavy atom. The number of ketones is 1. The Morgan fingerprint density at radius 2 is 1.61 bits per heavy atom. The van der Waals surface area contributed by atoms with E-state index in [0.717, 1.165) is 56.9 Å². The van der Waals surface area contributed by atoms with Crippen molar-refractivity contribution in [2.45, 2.75) is 109 Å². The molecule has 1 saturated heterocycles. The molecule has 0 bridgehead atoms. The molecular weight excluding hydrogens is 712 g/mol. The maximum absolute atomic E-state index is 14.5. The Kier molecular flexibility index (Phi) is 13.8. The number of Topliss-reactive ketones (excluding diaryl/α,β-unsaturated/α-hetero) is 1. The highest BCUT2D eigenvalue weighted by atomic mass is 35.5. The van der Waals surface area contributed by atoms with Gasteiger partial charge in [-0.3, -0.25) is 38.7 Å². The van der Waals surface area contributed by atoms with E-state index in [4.69, 9.17) is 17.3 Å². The summed E-state index contributed by atoms with van der Waals surface area (Å²) in [6.07, 6.45) is 11.7. The van der Waals surface area contributed by atoms with Crippen molar-refractivity contribution in [1.82, 2.24) is 35.7 Å². The van der Waals surface area contributed by atoms with Crippen molar-refractivity contribution < 1.29 is 28.8 Å². The number of hydrogen-bond donors (Lipinski definition) is 4. The van der Waals surface area contributed by atoms with Gasteiger partial charge in [0.1, 0.15) is 23.8 Å². The van der Waals surface area contributed by atoms with Gasteiger partial charge in [0.25, 0.3) is 11.8 Å². The SMILES string of the molecule is CC(C)(C)[C@H](NC(=O)C(NC(=O)c1cnccn1)C1CCCCC1)C(=O)N1CCN(Cc2ccc(Cl)cc2)[C@@H](C(=O)N[C@@H](CC2CCC2)C(=O)C(N)=O)C1. The highest BCUT2D eigenvalue weighted by Crippen LogP contribution is 2.31. The van der Waals surface area contributed by atoms with Crippen LogP contribution in [0.1, 0.15) is 94.6 Å². The number of benzene rings is 1. The molecule has 14 nitrogen and oxygen atoms in total. The Hall–Kier alpha value is -4.43. The van der Waals surface area contributed by atoms with E-state index in [1.165, 1.54) is 18.6 Å². The Bertz CT molecular complexity index is 1660. The van der Waals surface area contributed by atoms with Gasteiger partial charge in [0.15, 0.2) is 0 Å². The molecule has 5 rings (SSSR count). The molecule has 2 aromatic rings. The molecule has 1 aromatic carbocycles. The monoisotopic (exact) mass is 764 g/mol. The molecule has 2 saturated carbocycles. The zero-order chi connectivity index (χ0) is 39.0. The number of nitrogens with two attached hydrogens (primary N) is 1. The number of carbonyl (C=O) groups is 6. The summed E-state index contributed by atoms with van der Waals surface area (Å²) in [4.78, 5) is 92.5. The largest absolute Gasteiger partial charge is 0.363 e. The van der Waals surface area contributed by atoms with Gasteiger partial charge in [0.2, 0.25) is 23.5 Å². The second kappa shape index (κ2) is 18.3. The van der Waals surface area contributed by atoms with Gasteiger partial charge < -0.3 is 26.6 Å². The molecule has 0 radical (unpaired) electrons. The summed E-state index contributed by atoms with van der Waals surface area (Å²) in [6.45, 7) is 6.47. The molecule has 2 heterocycles. The number of amides is 5. The molecule has 3 aliphatic rings. The molecule has 1 aromatic heterocycles. The van der Waals surface area contributed by atoms with E-state index in [1.807, 2.05) is 37.8 Å². The highest BCUT2D eigenvalue weighted by molar-refractivity contribution is 6.37. The summed E-state index contributed by atoms with van der Waals surface area (Å²) in [7, 11) is 0. The van der Waals surface area contributed by atoms with Crippen molar-refractivity contribution in [2.75, 3.05) is 19.6 Å². The van der Waals surface area contributed by atoms with Gasteiger partial charge >= 0.3 is 0 Å². The second-order valence-corrected chi connectivity index (χ2v) is 16.4. The van der Waals surface area contributed by atoms with Gasteiger partial charge in [-0.25, -0.2) is 4.98 Å². The number of hydrogen-bond acceptors (Lipinski definition) is 9. The molecule has 0 spiro atoms. The van der Waals surface area contributed by atoms with Crippen molar-refractivity contribution in [2.24, 2.45) is 23.0 Å². The van der Waals surface area contributed by atoms with Crippen LogP contribution in [0, 0.1) is 17.3 Å². The first kappa shape index (κ1) is 40.7. The minimum Gasteiger partial charge on any atom is -0.363 e. The Morgan fingerprint density at radius 1 is 0.907 bits per heavy atom. The number of halogens is 1. The summed E-state index contributed by atoms with van der Waals surface area (Å²) in [5, 5.41) is 9.27. The van der Waals surface area contributed by atoms with E-state index in [-0.39, 0.29) is 36.5 Å². The highest BCUT2D eigenvalue weighted by Gasteiger charge is 2.43. The molecule has 1 unspecified atom stereocenters. The lowest BCUT2D eigenvalue weighted by molar-refractivity contribution is -0.145. The first-order valence-corrected chi connectivity index (χ1v) is 19.4. The molecule has 2 aliphatic carbocycles. The number of rotatable bonds is 14. The van der Waals surface area contributed by atoms with E-state index in [9.17, 15) is 28.8 Å². The average Bonchev–Trinajstić information content (AvgIpc) is 3.14. The molecule has 4 atom stereocenters. The van der Waals surface area contributed by atoms with Gasteiger partial charge in [0.05, 0.1) is 12.2 Å². The number of piperazine rings is 1. The van der Waals surface area contributed by atoms with E-state index >= 15 is 0 Å². The van der Waals surface area contributed by atoms with Crippen LogP contribution in [0.15, 0.2) is 42.9 Å². The third-order valence-corrected chi connectivity index (χ3v) is 11.2. The third-order valence-electron chi connectivity index (χ3n) is 11.0. The summed E-state index contributed by atoms with van der Waals surface area (Å²) < 4.78 is 0. The third kappa shape index (κ3) is 10.6. The van der Waals surface area contributed by atoms with Crippen LogP contribution in [0.25, 0.3) is 0 Å². The predicted molar refractivity (Wildman–Crippen MR) is 202 cm³/mol. The standard InChI is InChI=1S/C39H53ClN8O6/c1-39(2,3)33(46-37(53)31(26-10-5-4-6-11-26)45-35(51)29-21-42-16-17-43-29)38(54)48-19-18-47(22-25-12-14-27(40)15-13-25)30(23-48)36(52)44-28(32(49)34(41)50)20-24-8-7-9-24/h12-17,21,24,26,28,30-31,33H,4-11,18-20,22-23H2,1-3H3,(H2,41,50)(H,44,52)(H,45,51)(H,46,53)/t28-,30+,31?,33+/m0/s1.